The fourth-order valence-corrected chi connectivity index (χ4v) is 5.94. The maximum Gasteiger partial charge on any atom is 0.408 e. The molecule has 0 saturated heterocycles. The molecule has 5 heterocycles. The topological polar surface area (TPSA) is 129 Å². The second-order valence-corrected chi connectivity index (χ2v) is 18.7. The summed E-state index contributed by atoms with van der Waals surface area (Å²) in [7, 11) is -1.42. The van der Waals surface area contributed by atoms with Gasteiger partial charge < -0.3 is 24.1 Å². The van der Waals surface area contributed by atoms with E-state index in [1.54, 1.807) is 49.9 Å². The second-order valence-electron chi connectivity index (χ2n) is 13.1. The molecule has 14 heteroatoms. The molecule has 238 valence electrons. The molecule has 0 unspecified atom stereocenters. The molecule has 0 fully saturated rings. The van der Waals surface area contributed by atoms with E-state index in [1.807, 2.05) is 6.07 Å². The van der Waals surface area contributed by atoms with Crippen LogP contribution in [0.4, 0.5) is 13.6 Å². The lowest BCUT2D eigenvalue weighted by Crippen LogP contribution is -2.46. The Bertz CT molecular complexity index is 1750. The van der Waals surface area contributed by atoms with Crippen LogP contribution >= 0.6 is 0 Å². The van der Waals surface area contributed by atoms with Crippen LogP contribution in [0.25, 0.3) is 33.4 Å². The van der Waals surface area contributed by atoms with Crippen LogP contribution < -0.4 is 10.1 Å². The van der Waals surface area contributed by atoms with Crippen LogP contribution in [0.2, 0.25) is 25.7 Å². The lowest BCUT2D eigenvalue weighted by atomic mass is 9.96. The Kier molecular flexibility index (Phi) is 8.95. The van der Waals surface area contributed by atoms with Crippen molar-refractivity contribution in [1.82, 2.24) is 29.6 Å². The van der Waals surface area contributed by atoms with Gasteiger partial charge in [-0.25, -0.2) is 23.2 Å². The minimum absolute atomic E-state index is 0.000159. The molecule has 45 heavy (non-hydrogen) atoms. The quantitative estimate of drug-likeness (QED) is 0.166. The molecule has 1 aliphatic heterocycles. The molecule has 5 rings (SSSR count). The number of ether oxygens (including phenoxy) is 3. The highest BCUT2D eigenvalue weighted by Gasteiger charge is 2.36. The predicted molar refractivity (Wildman–Crippen MR) is 167 cm³/mol. The molecule has 1 atom stereocenters. The van der Waals surface area contributed by atoms with Crippen LogP contribution in [0.15, 0.2) is 36.8 Å². The molecule has 1 amide bonds. The van der Waals surface area contributed by atoms with E-state index in [-0.39, 0.29) is 36.9 Å². The van der Waals surface area contributed by atoms with Crippen molar-refractivity contribution in [2.75, 3.05) is 13.2 Å². The molecule has 0 aromatic carbocycles. The van der Waals surface area contributed by atoms with Gasteiger partial charge in [-0.3, -0.25) is 4.98 Å². The molecule has 4 aromatic rings. The summed E-state index contributed by atoms with van der Waals surface area (Å²) >= 11 is 0. The normalized spacial score (nSPS) is 15.1. The fourth-order valence-electron chi connectivity index (χ4n) is 5.18. The number of hydrogen-bond acceptors (Lipinski definition) is 8. The van der Waals surface area contributed by atoms with Gasteiger partial charge in [-0.2, -0.15) is 10.4 Å². The minimum atomic E-state index is -2.97. The van der Waals surface area contributed by atoms with E-state index in [0.717, 1.165) is 6.04 Å². The summed E-state index contributed by atoms with van der Waals surface area (Å²) in [6.45, 7) is 12.6. The average molecular weight is 638 g/mol. The largest absolute Gasteiger partial charge is 0.475 e. The summed E-state index contributed by atoms with van der Waals surface area (Å²) in [5, 5.41) is 17.7. The Morgan fingerprint density at radius 1 is 1.24 bits per heavy atom. The molecule has 0 spiro atoms. The van der Waals surface area contributed by atoms with Crippen molar-refractivity contribution in [2.24, 2.45) is 0 Å². The van der Waals surface area contributed by atoms with Gasteiger partial charge in [0.2, 0.25) is 5.88 Å². The Morgan fingerprint density at radius 3 is 2.71 bits per heavy atom. The van der Waals surface area contributed by atoms with Crippen LogP contribution in [0.3, 0.4) is 0 Å². The molecule has 1 aliphatic rings. The van der Waals surface area contributed by atoms with E-state index in [4.69, 9.17) is 14.2 Å². The van der Waals surface area contributed by atoms with Crippen LogP contribution in [0.1, 0.15) is 38.5 Å². The van der Waals surface area contributed by atoms with Gasteiger partial charge >= 0.3 is 6.09 Å². The molecule has 1 N–H and O–H groups in total. The number of aromatic nitrogens is 5. The number of halogens is 2. The summed E-state index contributed by atoms with van der Waals surface area (Å²) in [4.78, 5) is 21.2. The van der Waals surface area contributed by atoms with Crippen molar-refractivity contribution in [3.05, 3.63) is 48.0 Å². The summed E-state index contributed by atoms with van der Waals surface area (Å²) in [6.07, 6.45) is 0.999. The number of fused-ring (bicyclic) bond motifs is 2. The van der Waals surface area contributed by atoms with Gasteiger partial charge in [-0.15, -0.1) is 0 Å². The first-order valence-electron chi connectivity index (χ1n) is 14.7. The SMILES string of the molecule is CC(C)(C)OC(=O)N[C@@H]1COc2c(-c3c(-c4ccncc4C#N)c4cccnc4n3COCC[Si](C)(C)C)c(C(F)F)nn2C1. The van der Waals surface area contributed by atoms with Crippen molar-refractivity contribution < 1.29 is 27.8 Å². The lowest BCUT2D eigenvalue weighted by Gasteiger charge is -2.27. The van der Waals surface area contributed by atoms with E-state index >= 15 is 0 Å². The Hall–Kier alpha value is -4.35. The maximum absolute atomic E-state index is 14.9. The molecular formula is C31H37F2N7O4Si. The zero-order chi connectivity index (χ0) is 32.5. The zero-order valence-electron chi connectivity index (χ0n) is 26.2. The fraction of sp³-hybridized carbons (Fsp3) is 0.452. The molecular weight excluding hydrogens is 600 g/mol. The van der Waals surface area contributed by atoms with E-state index in [0.29, 0.717) is 34.5 Å². The zero-order valence-corrected chi connectivity index (χ0v) is 27.2. The number of nitrogens with zero attached hydrogens (tertiary/aromatic N) is 6. The highest BCUT2D eigenvalue weighted by atomic mass is 28.3. The van der Waals surface area contributed by atoms with Crippen molar-refractivity contribution in [2.45, 2.75) is 77.8 Å². The second kappa shape index (κ2) is 12.6. The lowest BCUT2D eigenvalue weighted by molar-refractivity contribution is 0.0460. The molecule has 0 aliphatic carbocycles. The first kappa shape index (κ1) is 32.1. The van der Waals surface area contributed by atoms with E-state index < -0.39 is 37.9 Å². The maximum atomic E-state index is 14.9. The number of carbonyl (C=O) groups is 1. The monoisotopic (exact) mass is 637 g/mol. The van der Waals surface area contributed by atoms with Crippen molar-refractivity contribution >= 4 is 25.2 Å². The standard InChI is InChI=1S/C31H37F2N7O4Si/c1-31(2,3)44-30(41)37-20-16-40-29(43-17-20)24(25(38-40)27(32)33)26-23(21-9-11-35-15-19(21)14-34)22-8-7-10-36-28(22)39(26)18-42-12-13-45(4,5)6/h7-11,15,20,27H,12-13,16-18H2,1-6H3,(H,37,41)/t20-/m0/s1. The molecule has 0 radical (unpaired) electrons. The summed E-state index contributed by atoms with van der Waals surface area (Å²) in [5.41, 5.74) is 0.986. The Labute approximate surface area is 261 Å². The van der Waals surface area contributed by atoms with Gasteiger partial charge in [0.25, 0.3) is 6.43 Å². The molecule has 11 nitrogen and oxygen atoms in total. The number of nitriles is 1. The minimum Gasteiger partial charge on any atom is -0.475 e. The van der Waals surface area contributed by atoms with Gasteiger partial charge in [0.05, 0.1) is 29.4 Å². The third-order valence-corrected chi connectivity index (χ3v) is 8.86. The Morgan fingerprint density at radius 2 is 2.02 bits per heavy atom. The van der Waals surface area contributed by atoms with E-state index in [2.05, 4.69) is 46.1 Å². The highest BCUT2D eigenvalue weighted by Crippen LogP contribution is 2.48. The van der Waals surface area contributed by atoms with Crippen LogP contribution in [0.5, 0.6) is 5.88 Å². The number of alkyl halides is 2. The van der Waals surface area contributed by atoms with Crippen LogP contribution in [-0.4, -0.2) is 63.3 Å². The molecule has 0 saturated carbocycles. The molecule has 4 aromatic heterocycles. The highest BCUT2D eigenvalue weighted by molar-refractivity contribution is 6.76. The van der Waals surface area contributed by atoms with Gasteiger partial charge in [0.1, 0.15) is 36.3 Å². The third kappa shape index (κ3) is 6.99. The summed E-state index contributed by atoms with van der Waals surface area (Å²) in [5.74, 6) is 0.118. The smallest absolute Gasteiger partial charge is 0.408 e. The summed E-state index contributed by atoms with van der Waals surface area (Å²) in [6, 6.07) is 7.78. The number of amides is 1. The van der Waals surface area contributed by atoms with E-state index in [1.165, 1.54) is 10.9 Å². The van der Waals surface area contributed by atoms with Gasteiger partial charge in [0.15, 0.2) is 0 Å². The van der Waals surface area contributed by atoms with Gasteiger partial charge in [-0.05, 0) is 45.0 Å². The number of carbonyl (C=O) groups excluding carboxylic acids is 1. The number of alkyl carbamates (subject to hydrolysis) is 1. The number of rotatable bonds is 9. The van der Waals surface area contributed by atoms with Gasteiger partial charge in [-0.1, -0.05) is 19.6 Å². The first-order valence-corrected chi connectivity index (χ1v) is 18.4. The predicted octanol–water partition coefficient (Wildman–Crippen LogP) is 6.37. The van der Waals surface area contributed by atoms with Crippen molar-refractivity contribution in [3.8, 4) is 34.3 Å². The van der Waals surface area contributed by atoms with Crippen LogP contribution in [0, 0.1) is 11.3 Å². The summed E-state index contributed by atoms with van der Waals surface area (Å²) < 4.78 is 50.4. The first-order chi connectivity index (χ1) is 21.3. The number of nitrogens with one attached hydrogen (secondary N) is 1. The van der Waals surface area contributed by atoms with E-state index in [9.17, 15) is 18.8 Å². The average Bonchev–Trinajstić information content (AvgIpc) is 3.49. The Balaban J connectivity index is 1.68. The van der Waals surface area contributed by atoms with Crippen molar-refractivity contribution in [1.29, 1.82) is 5.26 Å². The number of hydrogen-bond donors (Lipinski definition) is 1. The molecule has 0 bridgehead atoms. The third-order valence-electron chi connectivity index (χ3n) is 7.16. The van der Waals surface area contributed by atoms with Crippen LogP contribution in [-0.2, 0) is 22.7 Å². The van der Waals surface area contributed by atoms with Crippen molar-refractivity contribution in [3.63, 3.8) is 0 Å². The number of pyridine rings is 2. The van der Waals surface area contributed by atoms with Gasteiger partial charge in [0, 0.05) is 49.8 Å².